The Labute approximate surface area is 481 Å². The van der Waals surface area contributed by atoms with Crippen LogP contribution in [0.25, 0.3) is 0 Å². The molecular formula is C61H117NO18. The van der Waals surface area contributed by atoms with E-state index in [0.717, 1.165) is 44.9 Å². The van der Waals surface area contributed by atoms with E-state index in [2.05, 4.69) is 19.2 Å². The minimum Gasteiger partial charge on any atom is -0.394 e. The second kappa shape index (κ2) is 45.2. The molecule has 0 bridgehead atoms. The van der Waals surface area contributed by atoms with Crippen molar-refractivity contribution in [3.05, 3.63) is 0 Å². The zero-order valence-corrected chi connectivity index (χ0v) is 49.6. The van der Waals surface area contributed by atoms with E-state index in [-0.39, 0.29) is 18.9 Å². The number of nitrogens with one attached hydrogen (secondary N) is 1. The Bertz CT molecular complexity index is 1470. The molecule has 1 amide bonds. The van der Waals surface area contributed by atoms with Crippen molar-refractivity contribution >= 4 is 5.91 Å². The van der Waals surface area contributed by atoms with Crippen LogP contribution in [-0.2, 0) is 33.2 Å². The molecule has 3 fully saturated rings. The Balaban J connectivity index is 1.43. The molecule has 0 aromatic carbocycles. The molecule has 0 radical (unpaired) electrons. The molecule has 3 heterocycles. The maximum absolute atomic E-state index is 13.4. The number of carbonyl (C=O) groups is 1. The van der Waals surface area contributed by atoms with Crippen molar-refractivity contribution in [2.45, 2.75) is 356 Å². The molecule has 0 aromatic heterocycles. The second-order valence-electron chi connectivity index (χ2n) is 23.6. The summed E-state index contributed by atoms with van der Waals surface area (Å²) in [6, 6.07) is -0.880. The average molecular weight is 1150 g/mol. The van der Waals surface area contributed by atoms with Gasteiger partial charge in [0.25, 0.3) is 0 Å². The van der Waals surface area contributed by atoms with Gasteiger partial charge >= 0.3 is 0 Å². The summed E-state index contributed by atoms with van der Waals surface area (Å²) in [6.45, 7) is 1.81. The predicted octanol–water partition coefficient (Wildman–Crippen LogP) is 6.77. The van der Waals surface area contributed by atoms with Gasteiger partial charge in [-0.3, -0.25) is 4.79 Å². The molecule has 3 aliphatic heterocycles. The maximum atomic E-state index is 13.4. The molecule has 19 nitrogen and oxygen atoms in total. The van der Waals surface area contributed by atoms with Gasteiger partial charge in [0, 0.05) is 6.42 Å². The lowest BCUT2D eigenvalue weighted by Crippen LogP contribution is -2.66. The Morgan fingerprint density at radius 1 is 0.400 bits per heavy atom. The van der Waals surface area contributed by atoms with Crippen molar-refractivity contribution in [3.63, 3.8) is 0 Å². The first kappa shape index (κ1) is 73.0. The van der Waals surface area contributed by atoms with E-state index in [1.165, 1.54) is 173 Å². The topological polar surface area (TPSA) is 307 Å². The van der Waals surface area contributed by atoms with E-state index in [4.69, 9.17) is 28.4 Å². The number of aliphatic hydroxyl groups is 11. The van der Waals surface area contributed by atoms with Crippen molar-refractivity contribution in [2.75, 3.05) is 26.4 Å². The first-order valence-electron chi connectivity index (χ1n) is 32.3. The van der Waals surface area contributed by atoms with E-state index in [0.29, 0.717) is 12.8 Å². The van der Waals surface area contributed by atoms with Gasteiger partial charge in [0.2, 0.25) is 5.91 Å². The van der Waals surface area contributed by atoms with Gasteiger partial charge in [-0.1, -0.05) is 232 Å². The summed E-state index contributed by atoms with van der Waals surface area (Å²) in [5, 5.41) is 120. The average Bonchev–Trinajstić information content (AvgIpc) is 3.45. The molecule has 474 valence electrons. The molecule has 0 aliphatic carbocycles. The number of rotatable bonds is 49. The van der Waals surface area contributed by atoms with Crippen LogP contribution in [-0.4, -0.2) is 193 Å². The Hall–Kier alpha value is -1.21. The Kier molecular flexibility index (Phi) is 41.2. The number of carbonyl (C=O) groups excluding carboxylic acids is 1. The first-order chi connectivity index (χ1) is 38.8. The third-order valence-electron chi connectivity index (χ3n) is 16.7. The lowest BCUT2D eigenvalue weighted by atomic mass is 9.96. The normalized spacial score (nSPS) is 29.9. The Morgan fingerprint density at radius 2 is 0.713 bits per heavy atom. The van der Waals surface area contributed by atoms with Crippen LogP contribution in [0.15, 0.2) is 0 Å². The van der Waals surface area contributed by atoms with Gasteiger partial charge in [0.1, 0.15) is 73.2 Å². The molecule has 12 N–H and O–H groups in total. The van der Waals surface area contributed by atoms with Gasteiger partial charge in [0.15, 0.2) is 18.9 Å². The molecule has 17 atom stereocenters. The molecule has 3 aliphatic rings. The zero-order chi connectivity index (χ0) is 58.3. The molecule has 0 aromatic rings. The minimum atomic E-state index is -1.97. The summed E-state index contributed by atoms with van der Waals surface area (Å²) in [5.41, 5.74) is 0. The van der Waals surface area contributed by atoms with Gasteiger partial charge in [-0.05, 0) is 12.8 Å². The van der Waals surface area contributed by atoms with Crippen molar-refractivity contribution in [1.82, 2.24) is 5.32 Å². The fourth-order valence-electron chi connectivity index (χ4n) is 11.4. The molecule has 0 spiro atoms. The van der Waals surface area contributed by atoms with Crippen LogP contribution in [0.5, 0.6) is 0 Å². The maximum Gasteiger partial charge on any atom is 0.220 e. The third kappa shape index (κ3) is 28.3. The lowest BCUT2D eigenvalue weighted by molar-refractivity contribution is -0.379. The van der Waals surface area contributed by atoms with E-state index in [1.54, 1.807) is 0 Å². The van der Waals surface area contributed by atoms with Crippen LogP contribution >= 0.6 is 0 Å². The summed E-state index contributed by atoms with van der Waals surface area (Å²) in [4.78, 5) is 13.4. The van der Waals surface area contributed by atoms with Gasteiger partial charge in [0.05, 0.1) is 38.6 Å². The van der Waals surface area contributed by atoms with Gasteiger partial charge in [-0.25, -0.2) is 0 Å². The molecule has 3 saturated heterocycles. The summed E-state index contributed by atoms with van der Waals surface area (Å²) < 4.78 is 34.3. The van der Waals surface area contributed by atoms with Crippen molar-refractivity contribution in [2.24, 2.45) is 0 Å². The van der Waals surface area contributed by atoms with Crippen LogP contribution in [0.1, 0.15) is 251 Å². The number of aliphatic hydroxyl groups excluding tert-OH is 11. The van der Waals surface area contributed by atoms with Crippen LogP contribution in [0.2, 0.25) is 0 Å². The van der Waals surface area contributed by atoms with E-state index < -0.39 is 124 Å². The summed E-state index contributed by atoms with van der Waals surface area (Å²) >= 11 is 0. The van der Waals surface area contributed by atoms with Crippen LogP contribution < -0.4 is 5.32 Å². The molecule has 0 saturated carbocycles. The number of hydrogen-bond acceptors (Lipinski definition) is 18. The number of unbranched alkanes of at least 4 members (excludes halogenated alkanes) is 33. The van der Waals surface area contributed by atoms with Crippen molar-refractivity contribution < 1.29 is 89.4 Å². The largest absolute Gasteiger partial charge is 0.394 e. The summed E-state index contributed by atoms with van der Waals surface area (Å²) in [6.07, 6.45) is 17.7. The Morgan fingerprint density at radius 3 is 1.09 bits per heavy atom. The third-order valence-corrected chi connectivity index (χ3v) is 16.7. The quantitative estimate of drug-likeness (QED) is 0.0280. The minimum absolute atomic E-state index is 0.238. The highest BCUT2D eigenvalue weighted by Crippen LogP contribution is 2.33. The standard InChI is InChI=1S/C61H117NO18/c1-3-5-7-9-11-13-15-17-18-19-20-21-22-23-24-25-26-27-29-31-33-35-37-39-49(67)62-44(45(66)38-36-34-32-30-28-16-14-12-10-8-6-4-2)43-75-59-55(73)52(70)57(47(41-64)77-59)80-61-56(74)53(71)58(48(42-65)78-61)79-60-54(72)51(69)50(68)46(40-63)76-60/h44-48,50-61,63-66,68-74H,3-43H2,1-2H3,(H,62,67). The highest BCUT2D eigenvalue weighted by atomic mass is 16.8. The fourth-order valence-corrected chi connectivity index (χ4v) is 11.4. The monoisotopic (exact) mass is 1150 g/mol. The highest BCUT2D eigenvalue weighted by molar-refractivity contribution is 5.76. The smallest absolute Gasteiger partial charge is 0.220 e. The zero-order valence-electron chi connectivity index (χ0n) is 49.6. The SMILES string of the molecule is CCCCCCCCCCCCCCCCCCCCCCCCCC(=O)NC(COC1OC(CO)C(OC2OC(CO)C(OC3OC(CO)C(O)C(O)C3O)C(O)C2O)C(O)C1O)C(O)CCCCCCCCCCCCCC. The van der Waals surface area contributed by atoms with Crippen molar-refractivity contribution in [1.29, 1.82) is 0 Å². The van der Waals surface area contributed by atoms with E-state index >= 15 is 0 Å². The molecule has 80 heavy (non-hydrogen) atoms. The van der Waals surface area contributed by atoms with Gasteiger partial charge in [-0.2, -0.15) is 0 Å². The van der Waals surface area contributed by atoms with E-state index in [9.17, 15) is 61.0 Å². The van der Waals surface area contributed by atoms with Crippen LogP contribution in [0, 0.1) is 0 Å². The fraction of sp³-hybridized carbons (Fsp3) is 0.984. The molecule has 19 heteroatoms. The predicted molar refractivity (Wildman–Crippen MR) is 305 cm³/mol. The van der Waals surface area contributed by atoms with Gasteiger partial charge in [-0.15, -0.1) is 0 Å². The number of ether oxygens (including phenoxy) is 6. The first-order valence-corrected chi connectivity index (χ1v) is 32.3. The number of amides is 1. The summed E-state index contributed by atoms with van der Waals surface area (Å²) in [7, 11) is 0. The van der Waals surface area contributed by atoms with Gasteiger partial charge < -0.3 is 89.9 Å². The van der Waals surface area contributed by atoms with Crippen LogP contribution in [0.3, 0.4) is 0 Å². The second-order valence-corrected chi connectivity index (χ2v) is 23.6. The molecule has 17 unspecified atom stereocenters. The highest BCUT2D eigenvalue weighted by Gasteiger charge is 2.53. The molecular weight excluding hydrogens is 1030 g/mol. The lowest BCUT2D eigenvalue weighted by Gasteiger charge is -2.48. The van der Waals surface area contributed by atoms with Crippen LogP contribution in [0.4, 0.5) is 0 Å². The number of hydrogen-bond donors (Lipinski definition) is 12. The van der Waals surface area contributed by atoms with Crippen molar-refractivity contribution in [3.8, 4) is 0 Å². The summed E-state index contributed by atoms with van der Waals surface area (Å²) in [5.74, 6) is -0.238. The molecule has 3 rings (SSSR count). The van der Waals surface area contributed by atoms with E-state index in [1.807, 2.05) is 0 Å².